The number of rotatable bonds is 4. The van der Waals surface area contributed by atoms with Crippen LogP contribution in [0, 0.1) is 11.8 Å². The van der Waals surface area contributed by atoms with Gasteiger partial charge in [0.05, 0.1) is 5.92 Å². The quantitative estimate of drug-likeness (QED) is 0.727. The maximum Gasteiger partial charge on any atom is 0.391 e. The average molecular weight is 402 g/mol. The third kappa shape index (κ3) is 4.41. The Morgan fingerprint density at radius 1 is 1.07 bits per heavy atom. The molecular weight excluding hydrogens is 377 g/mol. The lowest BCUT2D eigenvalue weighted by Gasteiger charge is -2.30. The second-order valence-corrected chi connectivity index (χ2v) is 8.05. The van der Waals surface area contributed by atoms with Crippen molar-refractivity contribution in [3.8, 4) is 0 Å². The second kappa shape index (κ2) is 8.09. The van der Waals surface area contributed by atoms with Crippen molar-refractivity contribution in [2.45, 2.75) is 44.8 Å². The largest absolute Gasteiger partial charge is 0.391 e. The number of alkyl halides is 3. The fourth-order valence-electron chi connectivity index (χ4n) is 4.52. The van der Waals surface area contributed by atoms with Crippen molar-refractivity contribution in [3.63, 3.8) is 0 Å². The first-order valence-corrected chi connectivity index (χ1v) is 10.2. The molecule has 154 valence electrons. The summed E-state index contributed by atoms with van der Waals surface area (Å²) >= 11 is 0. The molecule has 2 aromatic rings. The van der Waals surface area contributed by atoms with Gasteiger partial charge in [0.1, 0.15) is 0 Å². The highest BCUT2D eigenvalue weighted by Crippen LogP contribution is 2.40. The number of para-hydroxylation sites is 2. The van der Waals surface area contributed by atoms with E-state index in [1.54, 1.807) is 0 Å². The van der Waals surface area contributed by atoms with E-state index in [-0.39, 0.29) is 18.7 Å². The summed E-state index contributed by atoms with van der Waals surface area (Å²) in [5, 5.41) is 2.92. The van der Waals surface area contributed by atoms with Gasteiger partial charge in [-0.3, -0.25) is 4.79 Å². The van der Waals surface area contributed by atoms with Gasteiger partial charge in [0, 0.05) is 30.4 Å². The SMILES string of the molecule is O=C(Nc1ccccc1CN1CCc2ccccc21)C1CCCC(C(F)(F)F)C1. The number of amides is 1. The number of hydrogen-bond donors (Lipinski definition) is 1. The zero-order valence-corrected chi connectivity index (χ0v) is 16.2. The average Bonchev–Trinajstić information content (AvgIpc) is 3.12. The van der Waals surface area contributed by atoms with E-state index >= 15 is 0 Å². The zero-order chi connectivity index (χ0) is 20.4. The standard InChI is InChI=1S/C23H25F3N2O/c24-23(25,26)19-9-5-8-17(14-19)22(29)27-20-10-3-1-7-18(20)15-28-13-12-16-6-2-4-11-21(16)28/h1-4,6-7,10-11,17,19H,5,8-9,12-15H2,(H,27,29). The van der Waals surface area contributed by atoms with Crippen molar-refractivity contribution in [1.82, 2.24) is 0 Å². The van der Waals surface area contributed by atoms with E-state index in [1.807, 2.05) is 36.4 Å². The molecule has 29 heavy (non-hydrogen) atoms. The van der Waals surface area contributed by atoms with Crippen LogP contribution in [0.15, 0.2) is 48.5 Å². The Balaban J connectivity index is 1.46. The van der Waals surface area contributed by atoms with Crippen LogP contribution in [0.1, 0.15) is 36.8 Å². The van der Waals surface area contributed by atoms with Crippen LogP contribution < -0.4 is 10.2 Å². The molecular formula is C23H25F3N2O. The number of carbonyl (C=O) groups excluding carboxylic acids is 1. The van der Waals surface area contributed by atoms with Gasteiger partial charge in [0.15, 0.2) is 0 Å². The zero-order valence-electron chi connectivity index (χ0n) is 16.2. The monoisotopic (exact) mass is 402 g/mol. The maximum atomic E-state index is 13.1. The molecule has 0 saturated heterocycles. The fourth-order valence-corrected chi connectivity index (χ4v) is 4.52. The molecule has 0 radical (unpaired) electrons. The van der Waals surface area contributed by atoms with Crippen molar-refractivity contribution in [2.75, 3.05) is 16.8 Å². The first kappa shape index (κ1) is 19.8. The number of benzene rings is 2. The van der Waals surface area contributed by atoms with Gasteiger partial charge in [0.2, 0.25) is 5.91 Å². The smallest absolute Gasteiger partial charge is 0.367 e. The van der Waals surface area contributed by atoms with Gasteiger partial charge < -0.3 is 10.2 Å². The number of fused-ring (bicyclic) bond motifs is 1. The van der Waals surface area contributed by atoms with Crippen LogP contribution in [-0.4, -0.2) is 18.6 Å². The first-order chi connectivity index (χ1) is 13.9. The van der Waals surface area contributed by atoms with Crippen molar-refractivity contribution in [1.29, 1.82) is 0 Å². The van der Waals surface area contributed by atoms with E-state index in [9.17, 15) is 18.0 Å². The summed E-state index contributed by atoms with van der Waals surface area (Å²) in [7, 11) is 0. The highest BCUT2D eigenvalue weighted by Gasteiger charge is 2.43. The van der Waals surface area contributed by atoms with Crippen LogP contribution in [0.5, 0.6) is 0 Å². The molecule has 1 fully saturated rings. The van der Waals surface area contributed by atoms with Crippen LogP contribution in [0.25, 0.3) is 0 Å². The van der Waals surface area contributed by atoms with E-state index in [0.717, 1.165) is 18.5 Å². The molecule has 1 N–H and O–H groups in total. The molecule has 2 unspecified atom stereocenters. The van der Waals surface area contributed by atoms with E-state index < -0.39 is 18.0 Å². The highest BCUT2D eigenvalue weighted by atomic mass is 19.4. The summed E-state index contributed by atoms with van der Waals surface area (Å²) < 4.78 is 39.2. The lowest BCUT2D eigenvalue weighted by atomic mass is 9.80. The third-order valence-corrected chi connectivity index (χ3v) is 6.13. The predicted octanol–water partition coefficient (Wildman–Crippen LogP) is 5.56. The summed E-state index contributed by atoms with van der Waals surface area (Å²) in [6.07, 6.45) is -2.27. The molecule has 0 bridgehead atoms. The molecule has 4 rings (SSSR count). The second-order valence-electron chi connectivity index (χ2n) is 8.05. The number of anilines is 2. The Bertz CT molecular complexity index is 880. The topological polar surface area (TPSA) is 32.3 Å². The molecule has 2 atom stereocenters. The van der Waals surface area contributed by atoms with Crippen molar-refractivity contribution >= 4 is 17.3 Å². The van der Waals surface area contributed by atoms with Gasteiger partial charge in [-0.2, -0.15) is 13.2 Å². The van der Waals surface area contributed by atoms with Crippen LogP contribution in [0.2, 0.25) is 0 Å². The minimum absolute atomic E-state index is 0.114. The number of carbonyl (C=O) groups is 1. The van der Waals surface area contributed by atoms with Gasteiger partial charge in [0.25, 0.3) is 0 Å². The van der Waals surface area contributed by atoms with E-state index in [2.05, 4.69) is 22.3 Å². The molecule has 3 nitrogen and oxygen atoms in total. The maximum absolute atomic E-state index is 13.1. The molecule has 1 aliphatic carbocycles. The summed E-state index contributed by atoms with van der Waals surface area (Å²) in [6.45, 7) is 1.57. The normalized spacial score (nSPS) is 21.7. The molecule has 2 aromatic carbocycles. The van der Waals surface area contributed by atoms with E-state index in [1.165, 1.54) is 11.3 Å². The summed E-state index contributed by atoms with van der Waals surface area (Å²) in [5.41, 5.74) is 4.18. The number of hydrogen-bond acceptors (Lipinski definition) is 2. The molecule has 1 saturated carbocycles. The molecule has 1 aliphatic heterocycles. The third-order valence-electron chi connectivity index (χ3n) is 6.13. The van der Waals surface area contributed by atoms with Crippen molar-refractivity contribution in [3.05, 3.63) is 59.7 Å². The van der Waals surface area contributed by atoms with Crippen LogP contribution >= 0.6 is 0 Å². The lowest BCUT2D eigenvalue weighted by Crippen LogP contribution is -2.34. The summed E-state index contributed by atoms with van der Waals surface area (Å²) in [5.74, 6) is -2.26. The van der Waals surface area contributed by atoms with Gasteiger partial charge in [-0.25, -0.2) is 0 Å². The van der Waals surface area contributed by atoms with Crippen LogP contribution in [-0.2, 0) is 17.8 Å². The lowest BCUT2D eigenvalue weighted by molar-refractivity contribution is -0.185. The van der Waals surface area contributed by atoms with E-state index in [4.69, 9.17) is 0 Å². The van der Waals surface area contributed by atoms with Gasteiger partial charge >= 0.3 is 6.18 Å². The molecule has 1 heterocycles. The Kier molecular flexibility index (Phi) is 5.52. The summed E-state index contributed by atoms with van der Waals surface area (Å²) in [6, 6.07) is 15.9. The Morgan fingerprint density at radius 3 is 2.66 bits per heavy atom. The number of halogens is 3. The van der Waals surface area contributed by atoms with Gasteiger partial charge in [-0.15, -0.1) is 0 Å². The Morgan fingerprint density at radius 2 is 1.83 bits per heavy atom. The number of nitrogens with zero attached hydrogens (tertiary/aromatic N) is 1. The van der Waals surface area contributed by atoms with Crippen LogP contribution in [0.4, 0.5) is 24.5 Å². The number of nitrogens with one attached hydrogen (secondary N) is 1. The van der Waals surface area contributed by atoms with Gasteiger partial charge in [-0.05, 0) is 48.9 Å². The Labute approximate surface area is 168 Å². The molecule has 0 aromatic heterocycles. The molecule has 1 amide bonds. The van der Waals surface area contributed by atoms with Gasteiger partial charge in [-0.1, -0.05) is 42.8 Å². The van der Waals surface area contributed by atoms with Crippen molar-refractivity contribution in [2.24, 2.45) is 11.8 Å². The minimum atomic E-state index is -4.22. The first-order valence-electron chi connectivity index (χ1n) is 10.2. The molecule has 2 aliphatic rings. The van der Waals surface area contributed by atoms with Crippen LogP contribution in [0.3, 0.4) is 0 Å². The predicted molar refractivity (Wildman–Crippen MR) is 108 cm³/mol. The minimum Gasteiger partial charge on any atom is -0.367 e. The van der Waals surface area contributed by atoms with E-state index in [0.29, 0.717) is 25.1 Å². The highest BCUT2D eigenvalue weighted by molar-refractivity contribution is 5.93. The fraction of sp³-hybridized carbons (Fsp3) is 0.435. The molecule has 0 spiro atoms. The molecule has 6 heteroatoms. The summed E-state index contributed by atoms with van der Waals surface area (Å²) in [4.78, 5) is 15.0. The van der Waals surface area contributed by atoms with Crippen molar-refractivity contribution < 1.29 is 18.0 Å². The Hall–Kier alpha value is -2.50.